The largest absolute Gasteiger partial charge is 0.504 e. The summed E-state index contributed by atoms with van der Waals surface area (Å²) in [5.74, 6) is 0.126. The number of phenolic OH excluding ortho intramolecular Hbond substituents is 2. The Morgan fingerprint density at radius 2 is 1.89 bits per heavy atom. The average Bonchev–Trinajstić information content (AvgIpc) is 2.30. The van der Waals surface area contributed by atoms with Gasteiger partial charge in [0.1, 0.15) is 6.54 Å². The Hall–Kier alpha value is -1.30. The summed E-state index contributed by atoms with van der Waals surface area (Å²) in [6, 6.07) is 4.83. The Kier molecular flexibility index (Phi) is 5.40. The van der Waals surface area contributed by atoms with E-state index in [-0.39, 0.29) is 24.1 Å². The SMILES string of the molecule is CC(C)[C@H](CO)N[NH+](C)Cc1ccc(O)c(O)c1. The van der Waals surface area contributed by atoms with Crippen molar-refractivity contribution in [1.29, 1.82) is 0 Å². The normalized spacial score (nSPS) is 14.7. The van der Waals surface area contributed by atoms with Crippen molar-refractivity contribution >= 4 is 0 Å². The number of aliphatic hydroxyl groups is 1. The minimum Gasteiger partial charge on any atom is -0.504 e. The van der Waals surface area contributed by atoms with Crippen LogP contribution in [-0.2, 0) is 6.54 Å². The highest BCUT2D eigenvalue weighted by Crippen LogP contribution is 2.24. The monoisotopic (exact) mass is 255 g/mol. The smallest absolute Gasteiger partial charge is 0.157 e. The molecule has 0 radical (unpaired) electrons. The number of aliphatic hydroxyl groups excluding tert-OH is 1. The number of hydrogen-bond donors (Lipinski definition) is 5. The fraction of sp³-hybridized carbons (Fsp3) is 0.538. The molecule has 0 spiro atoms. The van der Waals surface area contributed by atoms with Crippen LogP contribution in [0.4, 0.5) is 0 Å². The molecule has 0 saturated carbocycles. The standard InChI is InChI=1S/C13H22N2O3/c1-9(2)11(8-16)14-15(3)7-10-4-5-12(17)13(18)6-10/h4-6,9,11,14,16-18H,7-8H2,1-3H3/p+1/t11-/m0/s1. The number of benzene rings is 1. The van der Waals surface area contributed by atoms with Gasteiger partial charge in [-0.05, 0) is 24.1 Å². The van der Waals surface area contributed by atoms with Gasteiger partial charge in [0.05, 0.1) is 19.7 Å². The lowest BCUT2D eigenvalue weighted by Crippen LogP contribution is -3.15. The Bertz CT molecular complexity index is 382. The van der Waals surface area contributed by atoms with Crippen LogP contribution in [0.5, 0.6) is 11.5 Å². The second kappa shape index (κ2) is 6.58. The minimum atomic E-state index is -0.111. The molecule has 18 heavy (non-hydrogen) atoms. The summed E-state index contributed by atoms with van der Waals surface area (Å²) in [4.78, 5) is 0. The van der Waals surface area contributed by atoms with E-state index in [0.717, 1.165) is 10.6 Å². The summed E-state index contributed by atoms with van der Waals surface area (Å²) in [6.07, 6.45) is 0. The number of quaternary nitrogens is 1. The van der Waals surface area contributed by atoms with Crippen LogP contribution < -0.4 is 10.4 Å². The summed E-state index contributed by atoms with van der Waals surface area (Å²) in [7, 11) is 1.95. The summed E-state index contributed by atoms with van der Waals surface area (Å²) in [5, 5.41) is 28.9. The average molecular weight is 255 g/mol. The molecule has 1 unspecified atom stereocenters. The molecule has 0 aliphatic carbocycles. The van der Waals surface area contributed by atoms with Crippen LogP contribution in [-0.4, -0.2) is 35.0 Å². The molecule has 0 heterocycles. The van der Waals surface area contributed by atoms with Crippen LogP contribution in [0.15, 0.2) is 18.2 Å². The lowest BCUT2D eigenvalue weighted by Gasteiger charge is -2.24. The first-order chi connectivity index (χ1) is 8.43. The van der Waals surface area contributed by atoms with E-state index < -0.39 is 0 Å². The fourth-order valence-electron chi connectivity index (χ4n) is 1.78. The fourth-order valence-corrected chi connectivity index (χ4v) is 1.78. The Balaban J connectivity index is 2.58. The van der Waals surface area contributed by atoms with Crippen LogP contribution in [0.1, 0.15) is 19.4 Å². The van der Waals surface area contributed by atoms with E-state index in [1.807, 2.05) is 20.9 Å². The van der Waals surface area contributed by atoms with E-state index in [4.69, 9.17) is 0 Å². The first kappa shape index (κ1) is 14.8. The van der Waals surface area contributed by atoms with E-state index in [1.54, 1.807) is 12.1 Å². The quantitative estimate of drug-likeness (QED) is 0.355. The van der Waals surface area contributed by atoms with Gasteiger partial charge in [-0.1, -0.05) is 13.8 Å². The van der Waals surface area contributed by atoms with Gasteiger partial charge in [-0.3, -0.25) is 5.01 Å². The van der Waals surface area contributed by atoms with Gasteiger partial charge >= 0.3 is 0 Å². The van der Waals surface area contributed by atoms with Gasteiger partial charge in [-0.2, -0.15) is 5.43 Å². The zero-order valence-corrected chi connectivity index (χ0v) is 11.1. The van der Waals surface area contributed by atoms with Gasteiger partial charge in [-0.15, -0.1) is 0 Å². The molecule has 0 amide bonds. The molecule has 1 aromatic rings. The van der Waals surface area contributed by atoms with Crippen LogP contribution in [0.25, 0.3) is 0 Å². The minimum absolute atomic E-state index is 0.0377. The summed E-state index contributed by atoms with van der Waals surface area (Å²) >= 11 is 0. The highest BCUT2D eigenvalue weighted by atomic mass is 16.3. The molecule has 0 fully saturated rings. The molecule has 1 aromatic carbocycles. The van der Waals surface area contributed by atoms with Gasteiger partial charge in [0.2, 0.25) is 0 Å². The van der Waals surface area contributed by atoms with Crippen LogP contribution in [0, 0.1) is 5.92 Å². The van der Waals surface area contributed by atoms with Crippen molar-refractivity contribution in [1.82, 2.24) is 5.43 Å². The number of hydrogen-bond acceptors (Lipinski definition) is 4. The highest BCUT2D eigenvalue weighted by molar-refractivity contribution is 5.40. The molecular weight excluding hydrogens is 232 g/mol. The molecule has 0 aromatic heterocycles. The molecule has 0 bridgehead atoms. The molecule has 0 aliphatic rings. The maximum atomic E-state index is 9.41. The second-order valence-electron chi connectivity index (χ2n) is 4.96. The van der Waals surface area contributed by atoms with Gasteiger partial charge in [-0.25, -0.2) is 0 Å². The third-order valence-electron chi connectivity index (χ3n) is 2.94. The third-order valence-corrected chi connectivity index (χ3v) is 2.94. The van der Waals surface area contributed by atoms with Gasteiger partial charge < -0.3 is 15.3 Å². The Morgan fingerprint density at radius 3 is 2.39 bits per heavy atom. The van der Waals surface area contributed by atoms with Crippen molar-refractivity contribution in [2.75, 3.05) is 13.7 Å². The van der Waals surface area contributed by atoms with Crippen LogP contribution in [0.2, 0.25) is 0 Å². The molecule has 102 valence electrons. The molecule has 5 N–H and O–H groups in total. The lowest BCUT2D eigenvalue weighted by molar-refractivity contribution is -0.943. The van der Waals surface area contributed by atoms with Crippen molar-refractivity contribution in [3.63, 3.8) is 0 Å². The molecular formula is C13H23N2O3+. The van der Waals surface area contributed by atoms with Crippen molar-refractivity contribution in [3.8, 4) is 11.5 Å². The van der Waals surface area contributed by atoms with Crippen molar-refractivity contribution in [3.05, 3.63) is 23.8 Å². The van der Waals surface area contributed by atoms with Crippen LogP contribution in [0.3, 0.4) is 0 Å². The molecule has 0 saturated heterocycles. The topological polar surface area (TPSA) is 77.2 Å². The van der Waals surface area contributed by atoms with E-state index in [1.165, 1.54) is 6.07 Å². The summed E-state index contributed by atoms with van der Waals surface area (Å²) in [5.41, 5.74) is 4.18. The molecule has 0 aliphatic heterocycles. The second-order valence-corrected chi connectivity index (χ2v) is 4.96. The predicted molar refractivity (Wildman–Crippen MR) is 69.2 cm³/mol. The zero-order chi connectivity index (χ0) is 13.7. The number of aromatic hydroxyl groups is 2. The van der Waals surface area contributed by atoms with E-state index >= 15 is 0 Å². The Morgan fingerprint density at radius 1 is 1.22 bits per heavy atom. The maximum absolute atomic E-state index is 9.41. The maximum Gasteiger partial charge on any atom is 0.157 e. The Labute approximate surface area is 108 Å². The highest BCUT2D eigenvalue weighted by Gasteiger charge is 2.16. The molecule has 1 rings (SSSR count). The summed E-state index contributed by atoms with van der Waals surface area (Å²) in [6.45, 7) is 4.84. The number of rotatable bonds is 6. The van der Waals surface area contributed by atoms with Gasteiger partial charge in [0.25, 0.3) is 0 Å². The summed E-state index contributed by atoms with van der Waals surface area (Å²) < 4.78 is 0. The van der Waals surface area contributed by atoms with Gasteiger partial charge in [0, 0.05) is 5.56 Å². The third kappa shape index (κ3) is 4.18. The molecule has 5 heteroatoms. The number of phenols is 2. The van der Waals surface area contributed by atoms with Crippen molar-refractivity contribution in [2.45, 2.75) is 26.4 Å². The molecule has 2 atom stereocenters. The van der Waals surface area contributed by atoms with Crippen molar-refractivity contribution in [2.24, 2.45) is 5.92 Å². The van der Waals surface area contributed by atoms with Crippen LogP contribution >= 0.6 is 0 Å². The van der Waals surface area contributed by atoms with E-state index in [2.05, 4.69) is 5.43 Å². The lowest BCUT2D eigenvalue weighted by atomic mass is 10.1. The molecule has 5 nitrogen and oxygen atoms in total. The van der Waals surface area contributed by atoms with Crippen molar-refractivity contribution < 1.29 is 20.3 Å². The van der Waals surface area contributed by atoms with Gasteiger partial charge in [0.15, 0.2) is 11.5 Å². The first-order valence-corrected chi connectivity index (χ1v) is 6.14. The van der Waals surface area contributed by atoms with E-state index in [9.17, 15) is 15.3 Å². The number of nitrogens with one attached hydrogen (secondary N) is 2. The zero-order valence-electron chi connectivity index (χ0n) is 11.1. The predicted octanol–water partition coefficient (Wildman–Crippen LogP) is -0.366. The van der Waals surface area contributed by atoms with E-state index in [0.29, 0.717) is 12.5 Å². The first-order valence-electron chi connectivity index (χ1n) is 6.14.